The number of phenols is 1. The fourth-order valence-corrected chi connectivity index (χ4v) is 7.30. The van der Waals surface area contributed by atoms with E-state index >= 15 is 0 Å². The molecule has 6 aromatic rings. The van der Waals surface area contributed by atoms with Crippen LogP contribution in [0.1, 0.15) is 0 Å². The zero-order valence-electron chi connectivity index (χ0n) is 28.6. The summed E-state index contributed by atoms with van der Waals surface area (Å²) in [5, 5.41) is 18.5. The number of para-hydroxylation sites is 1. The van der Waals surface area contributed by atoms with E-state index in [4.69, 9.17) is 11.6 Å². The smallest absolute Gasteiger partial charge is 0.297 e. The minimum atomic E-state index is -5.27. The molecule has 0 unspecified atom stereocenters. The van der Waals surface area contributed by atoms with E-state index in [9.17, 15) is 44.0 Å². The molecule has 0 bridgehead atoms. The maximum Gasteiger partial charge on any atom is 0.297 e. The second-order valence-electron chi connectivity index (χ2n) is 10.6. The Morgan fingerprint density at radius 2 is 1.37 bits per heavy atom. The number of hydrogen-bond acceptors (Lipinski definition) is 13. The number of aromatic nitrogens is 3. The summed E-state index contributed by atoms with van der Waals surface area (Å²) in [5.41, 5.74) is -1.45. The molecule has 0 saturated heterocycles. The number of azo groups is 1. The third-order valence-corrected chi connectivity index (χ3v) is 10.2. The van der Waals surface area contributed by atoms with Crippen molar-refractivity contribution in [1.29, 1.82) is 0 Å². The summed E-state index contributed by atoms with van der Waals surface area (Å²) >= 11 is 6.18. The van der Waals surface area contributed by atoms with Crippen LogP contribution in [0.2, 0.25) is 5.28 Å². The number of aromatic amines is 1. The van der Waals surface area contributed by atoms with Crippen molar-refractivity contribution >= 4 is 181 Å². The minimum absolute atomic E-state index is 0. The van der Waals surface area contributed by atoms with Gasteiger partial charge < -0.3 is 10.0 Å². The van der Waals surface area contributed by atoms with E-state index in [0.717, 1.165) is 24.3 Å². The van der Waals surface area contributed by atoms with E-state index in [1.807, 2.05) is 0 Å². The zero-order valence-corrected chi connectivity index (χ0v) is 37.8. The summed E-state index contributed by atoms with van der Waals surface area (Å²) in [6.07, 6.45) is 0. The summed E-state index contributed by atoms with van der Waals surface area (Å²) in [6, 6.07) is 19.9. The van der Waals surface area contributed by atoms with Gasteiger partial charge in [-0.15, -0.1) is 10.2 Å². The number of fused-ring (bicyclic) bond motifs is 2. The molecule has 0 saturated carbocycles. The Morgan fingerprint density at radius 3 is 2.00 bits per heavy atom. The summed E-state index contributed by atoms with van der Waals surface area (Å²) in [7, 11) is -13.6. The normalized spacial score (nSPS) is 12.3. The van der Waals surface area contributed by atoms with Crippen molar-refractivity contribution in [2.24, 2.45) is 15.2 Å². The van der Waals surface area contributed by atoms with E-state index in [2.05, 4.69) is 30.2 Å². The first-order chi connectivity index (χ1) is 23.9. The van der Waals surface area contributed by atoms with E-state index in [-0.39, 0.29) is 122 Å². The van der Waals surface area contributed by atoms with Gasteiger partial charge in [-0.2, -0.15) is 35.2 Å². The van der Waals surface area contributed by atoms with Crippen molar-refractivity contribution in [3.8, 4) is 5.75 Å². The van der Waals surface area contributed by atoms with Gasteiger partial charge in [-0.05, 0) is 58.8 Å². The first kappa shape index (κ1) is 46.0. The van der Waals surface area contributed by atoms with Crippen LogP contribution in [0.15, 0.2) is 115 Å². The summed E-state index contributed by atoms with van der Waals surface area (Å²) in [4.78, 5) is 14.2. The molecule has 0 aliphatic carbocycles. The first-order valence-corrected chi connectivity index (χ1v) is 18.8. The Labute approximate surface area is 378 Å². The fourth-order valence-electron chi connectivity index (χ4n) is 5.11. The van der Waals surface area contributed by atoms with Gasteiger partial charge in [0.05, 0.1) is 16.0 Å². The van der Waals surface area contributed by atoms with E-state index in [1.165, 1.54) is 18.2 Å². The van der Waals surface area contributed by atoms with Gasteiger partial charge in [-0.25, -0.2) is 4.99 Å². The third kappa shape index (κ3) is 9.95. The molecule has 0 aliphatic rings. The van der Waals surface area contributed by atoms with Crippen molar-refractivity contribution in [1.82, 2.24) is 15.0 Å². The Kier molecular flexibility index (Phi) is 15.2. The minimum Gasteiger partial charge on any atom is -0.505 e. The molecule has 0 aliphatic heterocycles. The van der Waals surface area contributed by atoms with E-state index < -0.39 is 67.9 Å². The summed E-state index contributed by atoms with van der Waals surface area (Å²) < 4.78 is 104. The van der Waals surface area contributed by atoms with Crippen LogP contribution in [0, 0.1) is 0 Å². The van der Waals surface area contributed by atoms with Gasteiger partial charge in [-0.3, -0.25) is 18.6 Å². The standard InChI is InChI=1S/C30H22ClN7O10S3.3Na/c1-38(18-8-3-2-4-9-18)30-34-28(31)33-29(35-30)32-22-15-19(49(40,41)42)13-17-14-23(50(43,44)45)25(26(39)24(17)22)37-36-21-12-11-16-7-5-6-10-20(16)27(21)51(46,47)48;;;/h2-15,39H,1H3,(H,40,41,42)(H,43,44,45)(H,46,47,48)(H,32,33,34,35);;;. The number of nitrogens with one attached hydrogen (secondary N) is 1. The number of phenolic OH excluding ortho intramolecular Hbond substituents is 1. The number of rotatable bonds is 8. The molecule has 5 N–H and O–H groups in total. The maximum absolute atomic E-state index is 12.6. The molecule has 54 heavy (non-hydrogen) atoms. The first-order valence-electron chi connectivity index (χ1n) is 14.1. The molecule has 0 spiro atoms. The number of benzene rings is 5. The molecule has 1 aromatic heterocycles. The molecular formula is C30H22ClN7Na3O10S3. The van der Waals surface area contributed by atoms with Crippen LogP contribution < -0.4 is 10.5 Å². The number of halogens is 1. The van der Waals surface area contributed by atoms with Gasteiger partial charge in [0.2, 0.25) is 16.9 Å². The van der Waals surface area contributed by atoms with Gasteiger partial charge in [0.1, 0.15) is 21.2 Å². The topological polar surface area (TPSA) is 265 Å². The Morgan fingerprint density at radius 1 is 0.722 bits per heavy atom. The van der Waals surface area contributed by atoms with Crippen molar-refractivity contribution < 1.29 is 44.0 Å². The maximum atomic E-state index is 12.6. The summed E-state index contributed by atoms with van der Waals surface area (Å²) in [6.45, 7) is 0. The third-order valence-electron chi connectivity index (χ3n) is 7.36. The van der Waals surface area contributed by atoms with Crippen molar-refractivity contribution in [3.63, 3.8) is 0 Å². The molecule has 6 rings (SSSR count). The molecule has 24 heteroatoms. The zero-order chi connectivity index (χ0) is 36.9. The van der Waals surface area contributed by atoms with Crippen LogP contribution in [-0.2, 0) is 30.4 Å². The van der Waals surface area contributed by atoms with Crippen LogP contribution in [0.4, 0.5) is 28.7 Å². The molecular weight excluding hydrogens is 819 g/mol. The number of aromatic hydroxyl groups is 1. The number of anilines is 2. The Hall–Kier alpha value is -2.35. The van der Waals surface area contributed by atoms with Crippen molar-refractivity contribution in [2.45, 2.75) is 14.7 Å². The van der Waals surface area contributed by atoms with Crippen LogP contribution in [-0.4, -0.2) is 155 Å². The monoisotopic (exact) mass is 840 g/mol. The molecule has 5 aromatic carbocycles. The van der Waals surface area contributed by atoms with Crippen LogP contribution >= 0.6 is 11.6 Å². The number of nitrogens with zero attached hydrogens (tertiary/aromatic N) is 6. The number of H-pyrrole nitrogens is 1. The molecule has 265 valence electrons. The molecule has 1 heterocycles. The van der Waals surface area contributed by atoms with Gasteiger partial charge in [-0.1, -0.05) is 48.5 Å². The van der Waals surface area contributed by atoms with Gasteiger partial charge in [0.25, 0.3) is 30.4 Å². The SMILES string of the molecule is CN(c1ccccc1)c1nc(Cl)nc(=Nc2cc(S(=O)(=O)O)cc3cc(S(=O)(=O)O)c(N=Nc4ccc5ccccc5c4S(=O)(=O)O)c(O)c23)[nH]1.[Na].[Na].[Na]. The Balaban J connectivity index is 0.00000261. The van der Waals surface area contributed by atoms with Gasteiger partial charge >= 0.3 is 0 Å². The summed E-state index contributed by atoms with van der Waals surface area (Å²) in [5.74, 6) is -0.909. The predicted molar refractivity (Wildman–Crippen MR) is 202 cm³/mol. The second kappa shape index (κ2) is 17.8. The average Bonchev–Trinajstić information content (AvgIpc) is 3.05. The van der Waals surface area contributed by atoms with Crippen LogP contribution in [0.3, 0.4) is 0 Å². The molecule has 0 fully saturated rings. The number of hydrogen-bond donors (Lipinski definition) is 5. The van der Waals surface area contributed by atoms with E-state index in [0.29, 0.717) is 11.1 Å². The molecule has 3 radical (unpaired) electrons. The predicted octanol–water partition coefficient (Wildman–Crippen LogP) is 4.48. The van der Waals surface area contributed by atoms with Crippen molar-refractivity contribution in [2.75, 3.05) is 11.9 Å². The van der Waals surface area contributed by atoms with Crippen molar-refractivity contribution in [3.05, 3.63) is 95.8 Å². The van der Waals surface area contributed by atoms with Gasteiger partial charge in [0, 0.05) is 107 Å². The largest absolute Gasteiger partial charge is 0.505 e. The van der Waals surface area contributed by atoms with Gasteiger partial charge in [0.15, 0.2) is 5.75 Å². The van der Waals surface area contributed by atoms with E-state index in [1.54, 1.807) is 54.4 Å². The van der Waals surface area contributed by atoms with Crippen LogP contribution in [0.5, 0.6) is 5.75 Å². The Bertz CT molecular complexity index is 2850. The second-order valence-corrected chi connectivity index (χ2v) is 15.2. The molecule has 0 atom stereocenters. The molecule has 0 amide bonds. The fraction of sp³-hybridized carbons (Fsp3) is 0.0333. The quantitative estimate of drug-likeness (QED) is 0.0805. The average molecular weight is 841 g/mol. The van der Waals surface area contributed by atoms with Crippen LogP contribution in [0.25, 0.3) is 21.5 Å². The molecule has 17 nitrogen and oxygen atoms in total.